The van der Waals surface area contributed by atoms with Crippen molar-refractivity contribution in [1.82, 2.24) is 20.5 Å². The van der Waals surface area contributed by atoms with Crippen LogP contribution in [0.2, 0.25) is 5.02 Å². The second-order valence-electron chi connectivity index (χ2n) is 5.16. The zero-order chi connectivity index (χ0) is 17.6. The number of amides is 2. The lowest BCUT2D eigenvalue weighted by Gasteiger charge is -2.10. The number of H-pyrrole nitrogens is 1. The fourth-order valence-corrected chi connectivity index (χ4v) is 2.21. The number of pyridine rings is 1. The maximum Gasteiger partial charge on any atom is 0.320 e. The number of hydrogen-bond donors (Lipinski definition) is 5. The summed E-state index contributed by atoms with van der Waals surface area (Å²) in [6.45, 7) is 0.369. The Kier molecular flexibility index (Phi) is 5.00. The lowest BCUT2D eigenvalue weighted by atomic mass is 10.3. The number of halogens is 1. The highest BCUT2D eigenvalue weighted by Gasteiger charge is 2.14. The Labute approximate surface area is 148 Å². The van der Waals surface area contributed by atoms with Crippen LogP contribution in [0.25, 0.3) is 0 Å². The number of aromatic nitrogens is 3. The van der Waals surface area contributed by atoms with Crippen LogP contribution in [0.15, 0.2) is 48.8 Å². The maximum atomic E-state index is 12.1. The summed E-state index contributed by atoms with van der Waals surface area (Å²) in [5.41, 5.74) is 8.05. The van der Waals surface area contributed by atoms with Crippen molar-refractivity contribution in [2.24, 2.45) is 0 Å². The molecule has 0 spiro atoms. The summed E-state index contributed by atoms with van der Waals surface area (Å²) in [7, 11) is 0. The molecule has 0 aliphatic carbocycles. The molecule has 0 radical (unpaired) electrons. The van der Waals surface area contributed by atoms with E-state index in [2.05, 4.69) is 31.1 Å². The van der Waals surface area contributed by atoms with Crippen molar-refractivity contribution in [2.45, 2.75) is 6.54 Å². The number of carbonyl (C=O) groups is 1. The van der Waals surface area contributed by atoms with Crippen LogP contribution in [0, 0.1) is 0 Å². The van der Waals surface area contributed by atoms with Crippen LogP contribution in [-0.4, -0.2) is 21.2 Å². The largest absolute Gasteiger partial charge is 0.382 e. The molecule has 8 nitrogen and oxygen atoms in total. The Hall–Kier alpha value is -3.26. The van der Waals surface area contributed by atoms with E-state index in [-0.39, 0.29) is 0 Å². The molecule has 0 fully saturated rings. The molecule has 2 aromatic heterocycles. The topological polar surface area (TPSA) is 121 Å². The normalized spacial score (nSPS) is 10.3. The molecular weight excluding hydrogens is 342 g/mol. The number of nitrogens with zero attached hydrogens (tertiary/aromatic N) is 2. The number of hydrogen-bond acceptors (Lipinski definition) is 5. The van der Waals surface area contributed by atoms with Crippen LogP contribution in [0.3, 0.4) is 0 Å². The van der Waals surface area contributed by atoms with E-state index in [4.69, 9.17) is 17.3 Å². The summed E-state index contributed by atoms with van der Waals surface area (Å²) in [6.07, 6.45) is 3.33. The second-order valence-corrected chi connectivity index (χ2v) is 5.59. The van der Waals surface area contributed by atoms with Gasteiger partial charge in [-0.2, -0.15) is 5.10 Å². The molecule has 3 rings (SSSR count). The molecule has 2 amide bonds. The van der Waals surface area contributed by atoms with Gasteiger partial charge in [-0.15, -0.1) is 0 Å². The van der Waals surface area contributed by atoms with Gasteiger partial charge in [0.15, 0.2) is 5.82 Å². The van der Waals surface area contributed by atoms with Crippen molar-refractivity contribution in [3.8, 4) is 0 Å². The number of benzene rings is 1. The molecule has 0 aliphatic heterocycles. The van der Waals surface area contributed by atoms with Crippen molar-refractivity contribution in [1.29, 1.82) is 0 Å². The van der Waals surface area contributed by atoms with Gasteiger partial charge in [0.2, 0.25) is 0 Å². The predicted octanol–water partition coefficient (Wildman–Crippen LogP) is 3.11. The van der Waals surface area contributed by atoms with Crippen LogP contribution in [0.1, 0.15) is 5.56 Å². The van der Waals surface area contributed by atoms with Gasteiger partial charge in [0, 0.05) is 29.6 Å². The number of anilines is 4. The number of aromatic amines is 1. The summed E-state index contributed by atoms with van der Waals surface area (Å²) >= 11 is 5.87. The smallest absolute Gasteiger partial charge is 0.320 e. The van der Waals surface area contributed by atoms with Gasteiger partial charge in [-0.25, -0.2) is 4.79 Å². The minimum Gasteiger partial charge on any atom is -0.382 e. The fourth-order valence-electron chi connectivity index (χ4n) is 2.08. The third-order valence-corrected chi connectivity index (χ3v) is 3.59. The Morgan fingerprint density at radius 1 is 1.16 bits per heavy atom. The van der Waals surface area contributed by atoms with Gasteiger partial charge in [0.1, 0.15) is 11.5 Å². The molecule has 9 heteroatoms. The molecule has 128 valence electrons. The molecule has 0 saturated carbocycles. The monoisotopic (exact) mass is 357 g/mol. The average Bonchev–Trinajstić information content (AvgIpc) is 2.96. The number of urea groups is 1. The molecule has 3 aromatic rings. The van der Waals surface area contributed by atoms with Crippen LogP contribution < -0.4 is 21.7 Å². The van der Waals surface area contributed by atoms with Crippen LogP contribution in [0.4, 0.5) is 27.8 Å². The first-order chi connectivity index (χ1) is 12.1. The molecule has 0 aliphatic rings. The zero-order valence-corrected chi connectivity index (χ0v) is 13.8. The van der Waals surface area contributed by atoms with E-state index in [1.54, 1.807) is 36.7 Å². The third-order valence-electron chi connectivity index (χ3n) is 3.34. The van der Waals surface area contributed by atoms with E-state index < -0.39 is 6.03 Å². The fraction of sp³-hybridized carbons (Fsp3) is 0.0625. The second kappa shape index (κ2) is 7.54. The van der Waals surface area contributed by atoms with Gasteiger partial charge in [-0.3, -0.25) is 15.4 Å². The lowest BCUT2D eigenvalue weighted by molar-refractivity contribution is 0.251. The first-order valence-corrected chi connectivity index (χ1v) is 7.80. The van der Waals surface area contributed by atoms with Gasteiger partial charge in [-0.05, 0) is 42.0 Å². The first kappa shape index (κ1) is 16.6. The van der Waals surface area contributed by atoms with Crippen molar-refractivity contribution in [3.05, 3.63) is 59.4 Å². The minimum atomic E-state index is -0.400. The molecule has 25 heavy (non-hydrogen) atoms. The van der Waals surface area contributed by atoms with Gasteiger partial charge in [0.05, 0.1) is 0 Å². The number of carbonyl (C=O) groups excluding carboxylic acids is 1. The number of nitrogen functional groups attached to an aromatic ring is 1. The summed E-state index contributed by atoms with van der Waals surface area (Å²) in [5.74, 6) is 0.596. The van der Waals surface area contributed by atoms with Gasteiger partial charge < -0.3 is 16.4 Å². The Balaban J connectivity index is 1.64. The Morgan fingerprint density at radius 3 is 2.60 bits per heavy atom. The zero-order valence-electron chi connectivity index (χ0n) is 13.1. The number of rotatable bonds is 5. The van der Waals surface area contributed by atoms with Crippen LogP contribution in [0.5, 0.6) is 0 Å². The molecular formula is C16H16ClN7O. The van der Waals surface area contributed by atoms with E-state index in [0.29, 0.717) is 28.9 Å². The van der Waals surface area contributed by atoms with Crippen LogP contribution in [-0.2, 0) is 6.54 Å². The third kappa shape index (κ3) is 4.39. The van der Waals surface area contributed by atoms with E-state index >= 15 is 0 Å². The Morgan fingerprint density at radius 2 is 1.88 bits per heavy atom. The van der Waals surface area contributed by atoms with Gasteiger partial charge in [0.25, 0.3) is 0 Å². The summed E-state index contributed by atoms with van der Waals surface area (Å²) < 4.78 is 0. The van der Waals surface area contributed by atoms with E-state index in [1.165, 1.54) is 0 Å². The molecule has 0 atom stereocenters. The van der Waals surface area contributed by atoms with E-state index in [1.807, 2.05) is 12.1 Å². The lowest BCUT2D eigenvalue weighted by Crippen LogP contribution is -2.28. The highest BCUT2D eigenvalue weighted by atomic mass is 35.5. The predicted molar refractivity (Wildman–Crippen MR) is 97.8 cm³/mol. The number of nitrogens with two attached hydrogens (primary N) is 1. The summed E-state index contributed by atoms with van der Waals surface area (Å²) in [5, 5.41) is 15.8. The SMILES string of the molecule is Nc1[nH]nc(NC(=O)NCc2ccncc2)c1Nc1ccc(Cl)cc1. The molecule has 0 unspecified atom stereocenters. The maximum absolute atomic E-state index is 12.1. The summed E-state index contributed by atoms with van der Waals surface area (Å²) in [6, 6.07) is 10.3. The van der Waals surface area contributed by atoms with E-state index in [0.717, 1.165) is 11.3 Å². The number of nitrogens with one attached hydrogen (secondary N) is 4. The minimum absolute atomic E-state index is 0.291. The highest BCUT2D eigenvalue weighted by molar-refractivity contribution is 6.30. The first-order valence-electron chi connectivity index (χ1n) is 7.42. The van der Waals surface area contributed by atoms with E-state index in [9.17, 15) is 4.79 Å². The quantitative estimate of drug-likeness (QED) is 0.480. The van der Waals surface area contributed by atoms with Crippen LogP contribution >= 0.6 is 11.6 Å². The van der Waals surface area contributed by atoms with Crippen molar-refractivity contribution in [3.63, 3.8) is 0 Å². The van der Waals surface area contributed by atoms with Crippen molar-refractivity contribution < 1.29 is 4.79 Å². The average molecular weight is 358 g/mol. The standard InChI is InChI=1S/C16H16ClN7O/c17-11-1-3-12(4-2-11)21-13-14(18)23-24-15(13)22-16(25)20-9-10-5-7-19-8-6-10/h1-8,21H,9H2,(H5,18,20,22,23,24,25). The molecule has 0 saturated heterocycles. The molecule has 0 bridgehead atoms. The van der Waals surface area contributed by atoms with Gasteiger partial charge >= 0.3 is 6.03 Å². The molecule has 6 N–H and O–H groups in total. The van der Waals surface area contributed by atoms with Gasteiger partial charge in [-0.1, -0.05) is 11.6 Å². The Bertz CT molecular complexity index is 849. The highest BCUT2D eigenvalue weighted by Crippen LogP contribution is 2.29. The molecule has 1 aromatic carbocycles. The summed E-state index contributed by atoms with van der Waals surface area (Å²) in [4.78, 5) is 16.0. The molecule has 2 heterocycles. The van der Waals surface area contributed by atoms with Crippen molar-refractivity contribution in [2.75, 3.05) is 16.4 Å². The van der Waals surface area contributed by atoms with Crippen molar-refractivity contribution >= 4 is 40.6 Å².